The number of fused-ring (bicyclic) bond motifs is 3. The Kier molecular flexibility index (Phi) is 4.29. The number of hydrogen-bond donors (Lipinski definition) is 2. The van der Waals surface area contributed by atoms with Gasteiger partial charge in [-0.05, 0) is 31.4 Å². The minimum absolute atomic E-state index is 0.329. The zero-order valence-electron chi connectivity index (χ0n) is 18.2. The second-order valence-electron chi connectivity index (χ2n) is 8.73. The van der Waals surface area contributed by atoms with Crippen molar-refractivity contribution in [3.63, 3.8) is 0 Å². The van der Waals surface area contributed by atoms with E-state index in [4.69, 9.17) is 4.98 Å². The second-order valence-corrected chi connectivity index (χ2v) is 8.73. The first-order valence-corrected chi connectivity index (χ1v) is 10.9. The van der Waals surface area contributed by atoms with Gasteiger partial charge in [-0.3, -0.25) is 10.1 Å². The predicted molar refractivity (Wildman–Crippen MR) is 119 cm³/mol. The molecule has 1 saturated carbocycles. The molecule has 1 fully saturated rings. The average molecular weight is 451 g/mol. The van der Waals surface area contributed by atoms with Gasteiger partial charge in [-0.2, -0.15) is 10.2 Å². The van der Waals surface area contributed by atoms with E-state index in [2.05, 4.69) is 25.9 Å². The highest BCUT2D eigenvalue weighted by molar-refractivity contribution is 5.92. The van der Waals surface area contributed by atoms with Crippen LogP contribution in [0.15, 0.2) is 42.0 Å². The highest BCUT2D eigenvalue weighted by atomic mass is 19.3. The van der Waals surface area contributed by atoms with Gasteiger partial charge in [-0.1, -0.05) is 6.42 Å². The maximum Gasteiger partial charge on any atom is 0.251 e. The highest BCUT2D eigenvalue weighted by Gasteiger charge is 2.54. The summed E-state index contributed by atoms with van der Waals surface area (Å²) < 4.78 is 31.5. The number of amidine groups is 1. The Morgan fingerprint density at radius 2 is 2.12 bits per heavy atom. The molecule has 2 N–H and O–H groups in total. The number of aryl methyl sites for hydroxylation is 2. The molecular formula is C22H23F2N9. The molecule has 9 nitrogen and oxygen atoms in total. The zero-order chi connectivity index (χ0) is 22.7. The SMILES string of the molecule is Cc1cnc(Nc2ccnn2C)nc1-c1cc2n(c1)C=CN1C(C3(C(F)F)CCC3)=NNC21. The molecule has 5 heterocycles. The number of aromatic nitrogens is 5. The van der Waals surface area contributed by atoms with Gasteiger partial charge in [0.15, 0.2) is 6.17 Å². The van der Waals surface area contributed by atoms with E-state index in [-0.39, 0.29) is 6.17 Å². The van der Waals surface area contributed by atoms with Crippen molar-refractivity contribution in [3.05, 3.63) is 48.2 Å². The molecule has 3 aliphatic rings. The second kappa shape index (κ2) is 7.12. The predicted octanol–water partition coefficient (Wildman–Crippen LogP) is 3.83. The monoisotopic (exact) mass is 451 g/mol. The maximum absolute atomic E-state index is 13.9. The van der Waals surface area contributed by atoms with Crippen molar-refractivity contribution in [2.24, 2.45) is 17.6 Å². The maximum atomic E-state index is 13.9. The lowest BCUT2D eigenvalue weighted by atomic mass is 9.67. The van der Waals surface area contributed by atoms with Crippen LogP contribution in [-0.4, -0.2) is 41.5 Å². The summed E-state index contributed by atoms with van der Waals surface area (Å²) in [6.07, 6.45) is 8.12. The zero-order valence-corrected chi connectivity index (χ0v) is 18.2. The third-order valence-electron chi connectivity index (χ3n) is 6.78. The molecule has 11 heteroatoms. The van der Waals surface area contributed by atoms with E-state index in [1.165, 1.54) is 0 Å². The van der Waals surface area contributed by atoms with E-state index >= 15 is 0 Å². The van der Waals surface area contributed by atoms with Crippen molar-refractivity contribution in [1.82, 2.24) is 34.6 Å². The van der Waals surface area contributed by atoms with Crippen LogP contribution in [-0.2, 0) is 7.05 Å². The fourth-order valence-electron chi connectivity index (χ4n) is 4.72. The van der Waals surface area contributed by atoms with Gasteiger partial charge in [-0.25, -0.2) is 18.7 Å². The van der Waals surface area contributed by atoms with Gasteiger partial charge in [-0.15, -0.1) is 0 Å². The first-order chi connectivity index (χ1) is 16.0. The number of hydrogen-bond acceptors (Lipinski definition) is 7. The Labute approximate surface area is 188 Å². The molecule has 2 aliphatic heterocycles. The van der Waals surface area contributed by atoms with E-state index in [1.807, 2.05) is 54.2 Å². The lowest BCUT2D eigenvalue weighted by Gasteiger charge is -2.43. The molecule has 3 aromatic heterocycles. The van der Waals surface area contributed by atoms with Crippen LogP contribution in [0.2, 0.25) is 0 Å². The number of nitrogens with one attached hydrogen (secondary N) is 2. The molecule has 0 spiro atoms. The van der Waals surface area contributed by atoms with E-state index < -0.39 is 11.8 Å². The van der Waals surface area contributed by atoms with Crippen molar-refractivity contribution >= 4 is 23.8 Å². The van der Waals surface area contributed by atoms with Crippen LogP contribution in [0.4, 0.5) is 20.5 Å². The fourth-order valence-corrected chi connectivity index (χ4v) is 4.72. The third kappa shape index (κ3) is 2.95. The highest BCUT2D eigenvalue weighted by Crippen LogP contribution is 2.50. The lowest BCUT2D eigenvalue weighted by Crippen LogP contribution is -2.50. The summed E-state index contributed by atoms with van der Waals surface area (Å²) in [6, 6.07) is 3.86. The van der Waals surface area contributed by atoms with Gasteiger partial charge >= 0.3 is 0 Å². The van der Waals surface area contributed by atoms with E-state index in [0.29, 0.717) is 24.6 Å². The summed E-state index contributed by atoms with van der Waals surface area (Å²) in [5.41, 5.74) is 5.46. The lowest BCUT2D eigenvalue weighted by molar-refractivity contribution is -0.0146. The van der Waals surface area contributed by atoms with Gasteiger partial charge in [0.1, 0.15) is 11.7 Å². The van der Waals surface area contributed by atoms with Crippen molar-refractivity contribution in [2.45, 2.75) is 38.8 Å². The van der Waals surface area contributed by atoms with Crippen molar-refractivity contribution in [1.29, 1.82) is 0 Å². The molecular weight excluding hydrogens is 428 g/mol. The summed E-state index contributed by atoms with van der Waals surface area (Å²) in [6.45, 7) is 1.96. The molecule has 33 heavy (non-hydrogen) atoms. The first-order valence-electron chi connectivity index (χ1n) is 10.9. The standard InChI is InChI=1S/C22H23F2N9/c1-13-11-25-21(27-16-4-7-26-31(16)2)28-17(13)14-10-15-18-29-30-20(22(19(23)24)5-3-6-22)33(18)9-8-32(15)12-14/h4,7-12,18-19,29H,3,5-6H2,1-2H3,(H,25,27,28). The summed E-state index contributed by atoms with van der Waals surface area (Å²) in [5.74, 6) is 1.68. The molecule has 0 bridgehead atoms. The Hall–Kier alpha value is -3.76. The third-order valence-corrected chi connectivity index (χ3v) is 6.78. The van der Waals surface area contributed by atoms with Gasteiger partial charge in [0, 0.05) is 43.5 Å². The van der Waals surface area contributed by atoms with Crippen LogP contribution in [0.25, 0.3) is 17.5 Å². The number of nitrogens with zero attached hydrogens (tertiary/aromatic N) is 7. The van der Waals surface area contributed by atoms with Gasteiger partial charge in [0.25, 0.3) is 6.43 Å². The number of hydrazone groups is 1. The fraction of sp³-hybridized carbons (Fsp3) is 0.364. The first kappa shape index (κ1) is 19.9. The smallest absolute Gasteiger partial charge is 0.251 e. The number of anilines is 2. The van der Waals surface area contributed by atoms with Gasteiger partial charge in [0.05, 0.1) is 23.0 Å². The number of halogens is 2. The van der Waals surface area contributed by atoms with E-state index in [0.717, 1.165) is 34.8 Å². The van der Waals surface area contributed by atoms with Gasteiger partial charge < -0.3 is 14.8 Å². The minimum atomic E-state index is -2.43. The minimum Gasteiger partial charge on any atom is -0.322 e. The summed E-state index contributed by atoms with van der Waals surface area (Å²) in [4.78, 5) is 11.0. The molecule has 0 radical (unpaired) electrons. The van der Waals surface area contributed by atoms with Crippen LogP contribution in [0.3, 0.4) is 0 Å². The molecule has 1 unspecified atom stereocenters. The van der Waals surface area contributed by atoms with Crippen LogP contribution in [0.5, 0.6) is 0 Å². The molecule has 170 valence electrons. The van der Waals surface area contributed by atoms with Crippen molar-refractivity contribution in [2.75, 3.05) is 5.32 Å². The van der Waals surface area contributed by atoms with Crippen molar-refractivity contribution < 1.29 is 8.78 Å². The van der Waals surface area contributed by atoms with Crippen LogP contribution >= 0.6 is 0 Å². The van der Waals surface area contributed by atoms with Crippen LogP contribution < -0.4 is 10.7 Å². The van der Waals surface area contributed by atoms with Crippen molar-refractivity contribution in [3.8, 4) is 11.3 Å². The van der Waals surface area contributed by atoms with Crippen LogP contribution in [0, 0.1) is 12.3 Å². The Balaban J connectivity index is 1.31. The Bertz CT molecular complexity index is 1280. The Morgan fingerprint density at radius 1 is 1.27 bits per heavy atom. The molecule has 1 aliphatic carbocycles. The van der Waals surface area contributed by atoms with E-state index in [9.17, 15) is 8.78 Å². The quantitative estimate of drug-likeness (QED) is 0.613. The van der Waals surface area contributed by atoms with Crippen LogP contribution in [0.1, 0.15) is 36.7 Å². The summed E-state index contributed by atoms with van der Waals surface area (Å²) in [5, 5.41) is 11.7. The largest absolute Gasteiger partial charge is 0.322 e. The molecule has 0 aromatic carbocycles. The average Bonchev–Trinajstić information content (AvgIpc) is 3.47. The number of alkyl halides is 2. The summed E-state index contributed by atoms with van der Waals surface area (Å²) in [7, 11) is 1.84. The summed E-state index contributed by atoms with van der Waals surface area (Å²) >= 11 is 0. The number of rotatable bonds is 5. The molecule has 1 atom stereocenters. The molecule has 3 aromatic rings. The molecule has 0 saturated heterocycles. The van der Waals surface area contributed by atoms with E-state index in [1.54, 1.807) is 17.1 Å². The van der Waals surface area contributed by atoms with Gasteiger partial charge in [0.2, 0.25) is 5.95 Å². The topological polar surface area (TPSA) is 88.2 Å². The molecule has 6 rings (SSSR count). The Morgan fingerprint density at radius 3 is 2.82 bits per heavy atom. The molecule has 0 amide bonds. The normalized spacial score (nSPS) is 20.2.